The van der Waals surface area contributed by atoms with Crippen LogP contribution >= 0.6 is 0 Å². The summed E-state index contributed by atoms with van der Waals surface area (Å²) in [5, 5.41) is 9.10. The quantitative estimate of drug-likeness (QED) is 0.194. The molecule has 0 spiro atoms. The van der Waals surface area contributed by atoms with Gasteiger partial charge in [0.1, 0.15) is 5.60 Å². The molecular formula is C37H63NO4. The van der Waals surface area contributed by atoms with Gasteiger partial charge in [0.05, 0.1) is 0 Å². The van der Waals surface area contributed by atoms with Crippen molar-refractivity contribution in [1.29, 1.82) is 0 Å². The summed E-state index contributed by atoms with van der Waals surface area (Å²) in [4.78, 5) is 26.4. The molecule has 0 radical (unpaired) electrons. The van der Waals surface area contributed by atoms with E-state index in [0.29, 0.717) is 24.8 Å². The molecule has 1 N–H and O–H groups in total. The van der Waals surface area contributed by atoms with Gasteiger partial charge in [-0.2, -0.15) is 0 Å². The molecule has 4 rings (SSSR count). The molecule has 42 heavy (non-hydrogen) atoms. The number of amides is 1. The summed E-state index contributed by atoms with van der Waals surface area (Å²) in [7, 11) is 0. The number of nitrogens with zero attached hydrogens (tertiary/aromatic N) is 1. The standard InChI is InChI=1S/C37H63NO4/c1-25(2)12-11-13-26(3)30-17-18-31-29-16-15-27-24-28(19-21-36(27,7)32(29)20-22-37(30,31)8)38(23-10-9-14-33(39)40)34(41)42-35(4,5)6/h15,25-26,28-32H,9-14,16-24H2,1-8H3,(H,39,40)/t26-,28+,29+,30-,31+,32+,36+,37-/m1/s1. The molecule has 0 aromatic carbocycles. The van der Waals surface area contributed by atoms with Gasteiger partial charge in [0, 0.05) is 19.0 Å². The van der Waals surface area contributed by atoms with E-state index in [1.165, 1.54) is 51.4 Å². The van der Waals surface area contributed by atoms with Gasteiger partial charge in [0.15, 0.2) is 0 Å². The van der Waals surface area contributed by atoms with Crippen LogP contribution in [0.1, 0.15) is 145 Å². The van der Waals surface area contributed by atoms with E-state index in [2.05, 4.69) is 40.7 Å². The first-order valence-corrected chi connectivity index (χ1v) is 17.6. The molecule has 0 aromatic heterocycles. The first-order valence-electron chi connectivity index (χ1n) is 17.6. The first kappa shape index (κ1) is 33.4. The normalized spacial score (nSPS) is 35.1. The minimum absolute atomic E-state index is 0.136. The van der Waals surface area contributed by atoms with Crippen LogP contribution in [-0.4, -0.2) is 40.3 Å². The summed E-state index contributed by atoms with van der Waals surface area (Å²) in [5.41, 5.74) is 1.78. The van der Waals surface area contributed by atoms with Crippen molar-refractivity contribution in [2.24, 2.45) is 46.3 Å². The lowest BCUT2D eigenvalue weighted by atomic mass is 9.46. The number of carboxylic acids is 1. The third-order valence-electron chi connectivity index (χ3n) is 12.4. The first-order chi connectivity index (χ1) is 19.7. The van der Waals surface area contributed by atoms with Gasteiger partial charge in [0.25, 0.3) is 0 Å². The Bertz CT molecular complexity index is 981. The lowest BCUT2D eigenvalue weighted by Gasteiger charge is -2.59. The molecule has 0 aliphatic heterocycles. The van der Waals surface area contributed by atoms with Crippen LogP contribution in [0.3, 0.4) is 0 Å². The number of carbonyl (C=O) groups is 2. The number of hydrogen-bond donors (Lipinski definition) is 1. The van der Waals surface area contributed by atoms with E-state index >= 15 is 0 Å². The second-order valence-corrected chi connectivity index (χ2v) is 16.7. The zero-order valence-electron chi connectivity index (χ0n) is 28.3. The van der Waals surface area contributed by atoms with Crippen molar-refractivity contribution < 1.29 is 19.4 Å². The number of allylic oxidation sites excluding steroid dienone is 1. The summed E-state index contributed by atoms with van der Waals surface area (Å²) in [6, 6.07) is 0.136. The topological polar surface area (TPSA) is 66.8 Å². The number of carboxylic acid groups (broad SMARTS) is 1. The molecule has 240 valence electrons. The average Bonchev–Trinajstić information content (AvgIpc) is 3.24. The molecule has 4 aliphatic rings. The lowest BCUT2D eigenvalue weighted by molar-refractivity contribution is -0.137. The fourth-order valence-corrected chi connectivity index (χ4v) is 10.2. The summed E-state index contributed by atoms with van der Waals surface area (Å²) >= 11 is 0. The molecule has 5 heteroatoms. The summed E-state index contributed by atoms with van der Waals surface area (Å²) in [6.07, 6.45) is 17.8. The van der Waals surface area contributed by atoms with Gasteiger partial charge >= 0.3 is 12.1 Å². The Morgan fingerprint density at radius 2 is 1.74 bits per heavy atom. The maximum Gasteiger partial charge on any atom is 0.410 e. The van der Waals surface area contributed by atoms with Crippen LogP contribution in [0.4, 0.5) is 4.79 Å². The zero-order chi connectivity index (χ0) is 30.9. The lowest BCUT2D eigenvalue weighted by Crippen LogP contribution is -2.53. The van der Waals surface area contributed by atoms with E-state index in [-0.39, 0.29) is 24.0 Å². The van der Waals surface area contributed by atoms with Crippen LogP contribution in [-0.2, 0) is 9.53 Å². The third-order valence-corrected chi connectivity index (χ3v) is 12.4. The van der Waals surface area contributed by atoms with Crippen molar-refractivity contribution in [2.75, 3.05) is 6.54 Å². The van der Waals surface area contributed by atoms with E-state index in [9.17, 15) is 9.59 Å². The average molecular weight is 586 g/mol. The number of aliphatic carboxylic acids is 1. The molecule has 4 aliphatic carbocycles. The SMILES string of the molecule is CC(C)CCC[C@@H](C)[C@H]1CC[C@H]2[C@@H]3CC=C4C[C@@H](N(CCCCC(=O)O)C(=O)OC(C)(C)C)CC[C@]4(C)[C@H]3CC[C@]12C. The van der Waals surface area contributed by atoms with Crippen LogP contribution in [0.2, 0.25) is 0 Å². The largest absolute Gasteiger partial charge is 0.481 e. The second-order valence-electron chi connectivity index (χ2n) is 16.7. The Labute approximate surface area is 257 Å². The van der Waals surface area contributed by atoms with Crippen molar-refractivity contribution >= 4 is 12.1 Å². The van der Waals surface area contributed by atoms with Crippen molar-refractivity contribution in [3.8, 4) is 0 Å². The fourth-order valence-electron chi connectivity index (χ4n) is 10.2. The highest BCUT2D eigenvalue weighted by Gasteiger charge is 2.59. The molecule has 5 nitrogen and oxygen atoms in total. The van der Waals surface area contributed by atoms with Crippen molar-refractivity contribution in [3.63, 3.8) is 0 Å². The number of carbonyl (C=O) groups excluding carboxylic acids is 1. The Balaban J connectivity index is 1.46. The minimum Gasteiger partial charge on any atom is -0.481 e. The van der Waals surface area contributed by atoms with Gasteiger partial charge in [-0.25, -0.2) is 4.79 Å². The minimum atomic E-state index is -0.771. The van der Waals surface area contributed by atoms with Gasteiger partial charge in [-0.05, 0) is 131 Å². The van der Waals surface area contributed by atoms with Gasteiger partial charge in [0.2, 0.25) is 0 Å². The van der Waals surface area contributed by atoms with Crippen LogP contribution in [0.25, 0.3) is 0 Å². The van der Waals surface area contributed by atoms with Crippen LogP contribution < -0.4 is 0 Å². The Morgan fingerprint density at radius 1 is 1.00 bits per heavy atom. The predicted octanol–water partition coefficient (Wildman–Crippen LogP) is 9.89. The number of hydrogen-bond acceptors (Lipinski definition) is 3. The fraction of sp³-hybridized carbons (Fsp3) is 0.892. The highest BCUT2D eigenvalue weighted by Crippen LogP contribution is 2.67. The van der Waals surface area contributed by atoms with Crippen LogP contribution in [0.5, 0.6) is 0 Å². The van der Waals surface area contributed by atoms with E-state index < -0.39 is 11.6 Å². The maximum absolute atomic E-state index is 13.4. The Kier molecular flexibility index (Phi) is 10.5. The highest BCUT2D eigenvalue weighted by molar-refractivity contribution is 5.69. The summed E-state index contributed by atoms with van der Waals surface area (Å²) in [5.74, 6) is 4.18. The maximum atomic E-state index is 13.4. The number of ether oxygens (including phenoxy) is 1. The van der Waals surface area contributed by atoms with E-state index in [1.54, 1.807) is 5.57 Å². The molecule has 0 unspecified atom stereocenters. The predicted molar refractivity (Wildman–Crippen MR) is 171 cm³/mol. The van der Waals surface area contributed by atoms with Crippen molar-refractivity contribution in [1.82, 2.24) is 4.90 Å². The van der Waals surface area contributed by atoms with Gasteiger partial charge in [-0.3, -0.25) is 4.79 Å². The molecule has 8 atom stereocenters. The van der Waals surface area contributed by atoms with Crippen molar-refractivity contribution in [2.45, 2.75) is 157 Å². The molecule has 0 aromatic rings. The smallest absolute Gasteiger partial charge is 0.410 e. The van der Waals surface area contributed by atoms with Gasteiger partial charge in [-0.15, -0.1) is 0 Å². The molecule has 0 saturated heterocycles. The molecule has 3 saturated carbocycles. The van der Waals surface area contributed by atoms with Gasteiger partial charge < -0.3 is 14.7 Å². The highest BCUT2D eigenvalue weighted by atomic mass is 16.6. The zero-order valence-corrected chi connectivity index (χ0v) is 28.3. The summed E-state index contributed by atoms with van der Waals surface area (Å²) < 4.78 is 5.85. The van der Waals surface area contributed by atoms with E-state index in [1.807, 2.05) is 25.7 Å². The number of rotatable bonds is 11. The number of unbranched alkanes of at least 4 members (excludes halogenated alkanes) is 1. The van der Waals surface area contributed by atoms with Crippen LogP contribution in [0, 0.1) is 46.3 Å². The van der Waals surface area contributed by atoms with Crippen LogP contribution in [0.15, 0.2) is 11.6 Å². The monoisotopic (exact) mass is 585 g/mol. The van der Waals surface area contributed by atoms with E-state index in [4.69, 9.17) is 9.84 Å². The molecular weight excluding hydrogens is 522 g/mol. The summed E-state index contributed by atoms with van der Waals surface area (Å²) in [6.45, 7) is 18.8. The molecule has 0 bridgehead atoms. The van der Waals surface area contributed by atoms with Crippen molar-refractivity contribution in [3.05, 3.63) is 11.6 Å². The second kappa shape index (κ2) is 13.2. The third kappa shape index (κ3) is 7.23. The molecule has 3 fully saturated rings. The number of fused-ring (bicyclic) bond motifs is 5. The molecule has 1 amide bonds. The molecule has 0 heterocycles. The van der Waals surface area contributed by atoms with E-state index in [0.717, 1.165) is 54.8 Å². The Hall–Kier alpha value is -1.52. The Morgan fingerprint density at radius 3 is 2.40 bits per heavy atom. The van der Waals surface area contributed by atoms with Gasteiger partial charge in [-0.1, -0.05) is 65.5 Å².